The maximum Gasteiger partial charge on any atom is 0.338 e. The molecule has 0 aliphatic rings. The van der Waals surface area contributed by atoms with Gasteiger partial charge in [0, 0.05) is 5.56 Å². The highest BCUT2D eigenvalue weighted by Crippen LogP contribution is 2.15. The largest absolute Gasteiger partial charge is 0.462 e. The van der Waals surface area contributed by atoms with Gasteiger partial charge in [-0.2, -0.15) is 0 Å². The summed E-state index contributed by atoms with van der Waals surface area (Å²) in [5.74, 6) is -0.912. The summed E-state index contributed by atoms with van der Waals surface area (Å²) in [6.07, 6.45) is 1.79. The maximum atomic E-state index is 13.6. The molecule has 25 heavy (non-hydrogen) atoms. The van der Waals surface area contributed by atoms with Crippen LogP contribution in [0.3, 0.4) is 0 Å². The Morgan fingerprint density at radius 3 is 2.52 bits per heavy atom. The van der Waals surface area contributed by atoms with E-state index in [1.54, 1.807) is 30.3 Å². The van der Waals surface area contributed by atoms with Gasteiger partial charge in [0.15, 0.2) is 0 Å². The monoisotopic (exact) mass is 343 g/mol. The number of ether oxygens (including phenoxy) is 1. The Hall–Kier alpha value is -2.69. The molecule has 5 heteroatoms. The quantitative estimate of drug-likeness (QED) is 0.587. The van der Waals surface area contributed by atoms with Crippen LogP contribution in [0.25, 0.3) is 0 Å². The van der Waals surface area contributed by atoms with Crippen LogP contribution in [-0.2, 0) is 4.74 Å². The van der Waals surface area contributed by atoms with Gasteiger partial charge in [-0.3, -0.25) is 4.79 Å². The predicted octanol–water partition coefficient (Wildman–Crippen LogP) is 4.67. The fraction of sp³-hybridized carbons (Fsp3) is 0.300. The molecule has 0 aromatic heterocycles. The Kier molecular flexibility index (Phi) is 6.69. The third-order valence-electron chi connectivity index (χ3n) is 3.64. The lowest BCUT2D eigenvalue weighted by Crippen LogP contribution is -2.14. The number of amides is 1. The van der Waals surface area contributed by atoms with E-state index in [1.807, 2.05) is 0 Å². The van der Waals surface area contributed by atoms with Gasteiger partial charge in [0.05, 0.1) is 17.9 Å². The minimum atomic E-state index is -0.517. The number of nitrogens with one attached hydrogen (secondary N) is 1. The Morgan fingerprint density at radius 1 is 1.08 bits per heavy atom. The highest BCUT2D eigenvalue weighted by molar-refractivity contribution is 6.05. The normalized spacial score (nSPS) is 10.6. The number of halogens is 1. The van der Waals surface area contributed by atoms with Crippen molar-refractivity contribution in [1.82, 2.24) is 0 Å². The molecule has 1 N–H and O–H groups in total. The molecule has 132 valence electrons. The minimum absolute atomic E-state index is 0.0918. The van der Waals surface area contributed by atoms with Gasteiger partial charge in [-0.1, -0.05) is 32.0 Å². The first kappa shape index (κ1) is 18.6. The van der Waals surface area contributed by atoms with Crippen LogP contribution >= 0.6 is 0 Å². The fourth-order valence-electron chi connectivity index (χ4n) is 2.28. The SMILES string of the molecule is CC(C)CCCOC(=O)c1cccc(C(=O)Nc2ccccc2F)c1. The number of anilines is 1. The highest BCUT2D eigenvalue weighted by atomic mass is 19.1. The van der Waals surface area contributed by atoms with Crippen molar-refractivity contribution in [2.75, 3.05) is 11.9 Å². The van der Waals surface area contributed by atoms with Crippen molar-refractivity contribution in [1.29, 1.82) is 0 Å². The Bertz CT molecular complexity index is 743. The number of rotatable bonds is 7. The molecule has 0 saturated heterocycles. The number of benzene rings is 2. The summed E-state index contributed by atoms with van der Waals surface area (Å²) < 4.78 is 18.8. The zero-order chi connectivity index (χ0) is 18.2. The van der Waals surface area contributed by atoms with Crippen LogP contribution in [0.1, 0.15) is 47.4 Å². The molecule has 0 aliphatic heterocycles. The Balaban J connectivity index is 1.99. The van der Waals surface area contributed by atoms with Gasteiger partial charge in [0.2, 0.25) is 0 Å². The summed E-state index contributed by atoms with van der Waals surface area (Å²) in [4.78, 5) is 24.3. The van der Waals surface area contributed by atoms with Gasteiger partial charge in [-0.05, 0) is 49.1 Å². The number of hydrogen-bond acceptors (Lipinski definition) is 3. The van der Waals surface area contributed by atoms with E-state index in [1.165, 1.54) is 18.2 Å². The third kappa shape index (κ3) is 5.71. The van der Waals surface area contributed by atoms with E-state index in [2.05, 4.69) is 19.2 Å². The molecule has 4 nitrogen and oxygen atoms in total. The molecule has 2 aromatic carbocycles. The van der Waals surface area contributed by atoms with Crippen molar-refractivity contribution >= 4 is 17.6 Å². The standard InChI is InChI=1S/C20H22FNO3/c1-14(2)7-6-12-25-20(24)16-9-5-8-15(13-16)19(23)22-18-11-4-3-10-17(18)21/h3-5,8-11,13-14H,6-7,12H2,1-2H3,(H,22,23). The Morgan fingerprint density at radius 2 is 1.80 bits per heavy atom. The second-order valence-electron chi connectivity index (χ2n) is 6.19. The number of para-hydroxylation sites is 1. The zero-order valence-electron chi connectivity index (χ0n) is 14.4. The summed E-state index contributed by atoms with van der Waals surface area (Å²) >= 11 is 0. The van der Waals surface area contributed by atoms with Gasteiger partial charge in [0.25, 0.3) is 5.91 Å². The van der Waals surface area contributed by atoms with E-state index in [-0.39, 0.29) is 11.3 Å². The number of hydrogen-bond donors (Lipinski definition) is 1. The molecule has 0 fully saturated rings. The maximum absolute atomic E-state index is 13.6. The van der Waals surface area contributed by atoms with Crippen molar-refractivity contribution in [2.24, 2.45) is 5.92 Å². The molecule has 1 amide bonds. The molecule has 0 bridgehead atoms. The molecule has 2 aromatic rings. The lowest BCUT2D eigenvalue weighted by Gasteiger charge is -2.09. The number of carbonyl (C=O) groups is 2. The fourth-order valence-corrected chi connectivity index (χ4v) is 2.28. The first-order chi connectivity index (χ1) is 12.0. The van der Waals surface area contributed by atoms with Crippen LogP contribution in [0, 0.1) is 11.7 Å². The van der Waals surface area contributed by atoms with Crippen LogP contribution in [0.15, 0.2) is 48.5 Å². The van der Waals surface area contributed by atoms with Gasteiger partial charge in [0.1, 0.15) is 5.82 Å². The summed E-state index contributed by atoms with van der Waals surface area (Å²) in [6.45, 7) is 4.57. The summed E-state index contributed by atoms with van der Waals surface area (Å²) in [7, 11) is 0. The van der Waals surface area contributed by atoms with Crippen molar-refractivity contribution in [2.45, 2.75) is 26.7 Å². The number of esters is 1. The van der Waals surface area contributed by atoms with Crippen LogP contribution < -0.4 is 5.32 Å². The summed E-state index contributed by atoms with van der Waals surface area (Å²) in [6, 6.07) is 12.1. The van der Waals surface area contributed by atoms with E-state index in [9.17, 15) is 14.0 Å². The van der Waals surface area contributed by atoms with E-state index >= 15 is 0 Å². The van der Waals surface area contributed by atoms with E-state index < -0.39 is 17.7 Å². The molecule has 0 atom stereocenters. The van der Waals surface area contributed by atoms with Crippen molar-refractivity contribution in [3.05, 3.63) is 65.5 Å². The van der Waals surface area contributed by atoms with Gasteiger partial charge < -0.3 is 10.1 Å². The third-order valence-corrected chi connectivity index (χ3v) is 3.64. The van der Waals surface area contributed by atoms with Crippen LogP contribution in [0.4, 0.5) is 10.1 Å². The molecule has 0 radical (unpaired) electrons. The topological polar surface area (TPSA) is 55.4 Å². The van der Waals surface area contributed by atoms with Crippen LogP contribution in [0.5, 0.6) is 0 Å². The predicted molar refractivity (Wildman–Crippen MR) is 95.1 cm³/mol. The molecular weight excluding hydrogens is 321 g/mol. The minimum Gasteiger partial charge on any atom is -0.462 e. The number of carbonyl (C=O) groups excluding carboxylic acids is 2. The van der Waals surface area contributed by atoms with Crippen LogP contribution in [0.2, 0.25) is 0 Å². The molecule has 0 unspecified atom stereocenters. The zero-order valence-corrected chi connectivity index (χ0v) is 14.4. The lowest BCUT2D eigenvalue weighted by atomic mass is 10.1. The van der Waals surface area contributed by atoms with E-state index in [4.69, 9.17) is 4.74 Å². The Labute approximate surface area is 147 Å². The molecule has 2 rings (SSSR count). The molecule has 0 saturated carbocycles. The van der Waals surface area contributed by atoms with Crippen molar-refractivity contribution in [3.8, 4) is 0 Å². The average Bonchev–Trinajstić information content (AvgIpc) is 2.60. The lowest BCUT2D eigenvalue weighted by molar-refractivity contribution is 0.0494. The molecule has 0 heterocycles. The second kappa shape index (κ2) is 8.97. The molecular formula is C20H22FNO3. The first-order valence-electron chi connectivity index (χ1n) is 8.30. The second-order valence-corrected chi connectivity index (χ2v) is 6.19. The highest BCUT2D eigenvalue weighted by Gasteiger charge is 2.13. The van der Waals surface area contributed by atoms with E-state index in [0.29, 0.717) is 18.1 Å². The van der Waals surface area contributed by atoms with E-state index in [0.717, 1.165) is 12.8 Å². The van der Waals surface area contributed by atoms with Gasteiger partial charge in [-0.25, -0.2) is 9.18 Å². The van der Waals surface area contributed by atoms with Crippen LogP contribution in [-0.4, -0.2) is 18.5 Å². The van der Waals surface area contributed by atoms with Crippen molar-refractivity contribution < 1.29 is 18.7 Å². The average molecular weight is 343 g/mol. The first-order valence-corrected chi connectivity index (χ1v) is 8.30. The smallest absolute Gasteiger partial charge is 0.338 e. The van der Waals surface area contributed by atoms with Gasteiger partial charge >= 0.3 is 5.97 Å². The summed E-state index contributed by atoms with van der Waals surface area (Å²) in [5, 5.41) is 2.49. The molecule has 0 spiro atoms. The van der Waals surface area contributed by atoms with Crippen molar-refractivity contribution in [3.63, 3.8) is 0 Å². The summed E-state index contributed by atoms with van der Waals surface area (Å²) in [5.41, 5.74) is 0.653. The molecule has 0 aliphatic carbocycles. The van der Waals surface area contributed by atoms with Gasteiger partial charge in [-0.15, -0.1) is 0 Å².